The Morgan fingerprint density at radius 3 is 2.37 bits per heavy atom. The van der Waals surface area contributed by atoms with E-state index in [4.69, 9.17) is 0 Å². The molecule has 1 spiro atoms. The van der Waals surface area contributed by atoms with Crippen LogP contribution in [0.25, 0.3) is 5.57 Å². The van der Waals surface area contributed by atoms with Gasteiger partial charge >= 0.3 is 5.97 Å². The maximum atomic E-state index is 12.5. The van der Waals surface area contributed by atoms with Crippen LogP contribution >= 0.6 is 0 Å². The highest BCUT2D eigenvalue weighted by molar-refractivity contribution is 7.00. The molecule has 41 heavy (non-hydrogen) atoms. The monoisotopic (exact) mass is 564 g/mol. The van der Waals surface area contributed by atoms with Gasteiger partial charge in [0.2, 0.25) is 0 Å². The van der Waals surface area contributed by atoms with Crippen molar-refractivity contribution in [2.45, 2.75) is 45.2 Å². The largest absolute Gasteiger partial charge is 0.545 e. The van der Waals surface area contributed by atoms with Crippen molar-refractivity contribution < 1.29 is 24.4 Å². The van der Waals surface area contributed by atoms with Crippen molar-refractivity contribution >= 4 is 42.2 Å². The van der Waals surface area contributed by atoms with E-state index in [1.165, 1.54) is 71.3 Å². The van der Waals surface area contributed by atoms with Gasteiger partial charge in [-0.05, 0) is 86.6 Å². The van der Waals surface area contributed by atoms with Crippen LogP contribution in [-0.4, -0.2) is 61.6 Å². The standard InChI is InChI=1S/C34H36N2O4Si/c1-21-17-35(18-21)24-7-10-27-30(15-24)41(12-4-3-5-13-41)31-16-25(36-19-22(2)20-36)8-11-28(31)32(27)29-14-23(33(37)38)6-9-26(29)34(39)40/h6-11,14-16,21-22H,3-5,12-13,17-20H2,1-2H3,(H-,37,38,39,40). The van der Waals surface area contributed by atoms with Crippen LogP contribution in [0, 0.1) is 11.8 Å². The summed E-state index contributed by atoms with van der Waals surface area (Å²) < 4.78 is 2.45. The minimum absolute atomic E-state index is 0.00632. The molecule has 0 saturated carbocycles. The van der Waals surface area contributed by atoms with Crippen molar-refractivity contribution in [3.8, 4) is 0 Å². The quantitative estimate of drug-likeness (QED) is 0.449. The number of rotatable bonds is 4. The summed E-state index contributed by atoms with van der Waals surface area (Å²) in [5.74, 6) is -1.00. The highest BCUT2D eigenvalue weighted by atomic mass is 28.3. The van der Waals surface area contributed by atoms with Crippen LogP contribution in [0.4, 0.5) is 5.69 Å². The summed E-state index contributed by atoms with van der Waals surface area (Å²) in [6.45, 7) is 8.76. The number of carboxylic acid groups (broad SMARTS) is 2. The van der Waals surface area contributed by atoms with Gasteiger partial charge in [-0.1, -0.05) is 45.2 Å². The molecular formula is C34H36N2O4Si. The van der Waals surface area contributed by atoms with Crippen molar-refractivity contribution in [3.63, 3.8) is 0 Å². The van der Waals surface area contributed by atoms with E-state index in [2.05, 4.69) is 59.8 Å². The number of carboxylic acids is 2. The van der Waals surface area contributed by atoms with E-state index in [9.17, 15) is 19.8 Å². The molecular weight excluding hydrogens is 528 g/mol. The summed E-state index contributed by atoms with van der Waals surface area (Å²) in [5.41, 5.74) is 6.05. The van der Waals surface area contributed by atoms with E-state index >= 15 is 0 Å². The fourth-order valence-electron chi connectivity index (χ4n) is 7.84. The second kappa shape index (κ2) is 9.69. The number of carbonyl (C=O) groups excluding carboxylic acids is 1. The van der Waals surface area contributed by atoms with Crippen molar-refractivity contribution in [1.82, 2.24) is 0 Å². The number of hydrogen-bond donors (Lipinski definition) is 1. The van der Waals surface area contributed by atoms with E-state index in [1.807, 2.05) is 0 Å². The molecule has 4 heterocycles. The Morgan fingerprint density at radius 2 is 1.71 bits per heavy atom. The number of nitrogens with zero attached hydrogens (tertiary/aromatic N) is 2. The number of allylic oxidation sites excluding steroid dienone is 5. The van der Waals surface area contributed by atoms with Gasteiger partial charge < -0.3 is 19.9 Å². The summed E-state index contributed by atoms with van der Waals surface area (Å²) in [7, 11) is -2.18. The fourth-order valence-corrected chi connectivity index (χ4v) is 13.5. The smallest absolute Gasteiger partial charge is 0.336 e. The molecule has 1 aliphatic carbocycles. The molecule has 3 fully saturated rings. The molecule has 0 bridgehead atoms. The molecule has 2 aromatic rings. The molecule has 210 valence electrons. The Labute approximate surface area is 242 Å². The SMILES string of the molecule is CC1CN(c2ccc3c(c2)[Si]2(CCCCC2)C2=CC(=[N+]4CC(C)C4)C=CC2=C3c2cc(C(=O)[O-])ccc2C(=O)O)C1. The molecule has 3 saturated heterocycles. The topological polar surface area (TPSA) is 83.7 Å². The van der Waals surface area contributed by atoms with Crippen LogP contribution in [0.1, 0.15) is 65.0 Å². The predicted octanol–water partition coefficient (Wildman–Crippen LogP) is 4.00. The first kappa shape index (κ1) is 26.2. The second-order valence-electron chi connectivity index (χ2n) is 12.9. The Bertz CT molecular complexity index is 1610. The third-order valence-electron chi connectivity index (χ3n) is 9.90. The zero-order valence-corrected chi connectivity index (χ0v) is 24.8. The van der Waals surface area contributed by atoms with Crippen molar-refractivity contribution in [2.75, 3.05) is 31.1 Å². The molecule has 0 amide bonds. The average molecular weight is 565 g/mol. The van der Waals surface area contributed by atoms with Crippen LogP contribution in [0.5, 0.6) is 0 Å². The van der Waals surface area contributed by atoms with Crippen molar-refractivity contribution in [3.05, 3.63) is 87.6 Å². The van der Waals surface area contributed by atoms with E-state index < -0.39 is 20.0 Å². The Kier molecular flexibility index (Phi) is 6.19. The summed E-state index contributed by atoms with van der Waals surface area (Å²) in [6.07, 6.45) is 10.5. The third kappa shape index (κ3) is 4.16. The lowest BCUT2D eigenvalue weighted by molar-refractivity contribution is -0.601. The van der Waals surface area contributed by atoms with Crippen LogP contribution in [0.3, 0.4) is 0 Å². The third-order valence-corrected chi connectivity index (χ3v) is 15.2. The molecule has 0 aromatic heterocycles. The molecule has 2 aromatic carbocycles. The number of fused-ring (bicyclic) bond motifs is 4. The predicted molar refractivity (Wildman–Crippen MR) is 162 cm³/mol. The maximum absolute atomic E-state index is 12.5. The van der Waals surface area contributed by atoms with Crippen LogP contribution in [0.2, 0.25) is 12.1 Å². The highest BCUT2D eigenvalue weighted by Gasteiger charge is 2.48. The number of hydrogen-bond acceptors (Lipinski definition) is 4. The van der Waals surface area contributed by atoms with E-state index in [-0.39, 0.29) is 11.1 Å². The zero-order valence-electron chi connectivity index (χ0n) is 23.8. The zero-order chi connectivity index (χ0) is 28.5. The highest BCUT2D eigenvalue weighted by Crippen LogP contribution is 2.48. The number of aromatic carboxylic acids is 2. The Hall–Kier alpha value is -3.71. The van der Waals surface area contributed by atoms with Gasteiger partial charge in [0.25, 0.3) is 0 Å². The summed E-state index contributed by atoms with van der Waals surface area (Å²) in [5, 5.41) is 25.0. The Morgan fingerprint density at radius 1 is 0.951 bits per heavy atom. The first-order valence-corrected chi connectivity index (χ1v) is 17.4. The first-order valence-electron chi connectivity index (χ1n) is 15.0. The van der Waals surface area contributed by atoms with Crippen LogP contribution in [0.15, 0.2) is 65.4 Å². The van der Waals surface area contributed by atoms with E-state index in [1.54, 1.807) is 0 Å². The lowest BCUT2D eigenvalue weighted by Gasteiger charge is -2.46. The molecule has 1 N–H and O–H groups in total. The van der Waals surface area contributed by atoms with Gasteiger partial charge in [-0.15, -0.1) is 0 Å². The van der Waals surface area contributed by atoms with Gasteiger partial charge in [0.05, 0.1) is 17.5 Å². The lowest BCUT2D eigenvalue weighted by Crippen LogP contribution is -2.56. The van der Waals surface area contributed by atoms with Gasteiger partial charge in [-0.2, -0.15) is 0 Å². The fraction of sp³-hybridized carbons (Fsp3) is 0.382. The van der Waals surface area contributed by atoms with Gasteiger partial charge in [-0.25, -0.2) is 9.37 Å². The lowest BCUT2D eigenvalue weighted by atomic mass is 9.86. The summed E-state index contributed by atoms with van der Waals surface area (Å²) >= 11 is 0. The first-order chi connectivity index (χ1) is 19.7. The molecule has 0 unspecified atom stereocenters. The van der Waals surface area contributed by atoms with E-state index in [0.29, 0.717) is 17.4 Å². The normalized spacial score (nSPS) is 23.0. The van der Waals surface area contributed by atoms with Gasteiger partial charge in [0, 0.05) is 30.9 Å². The molecule has 6 nitrogen and oxygen atoms in total. The maximum Gasteiger partial charge on any atom is 0.336 e. The molecule has 7 rings (SSSR count). The summed E-state index contributed by atoms with van der Waals surface area (Å²) in [4.78, 5) is 26.9. The minimum atomic E-state index is -2.18. The van der Waals surface area contributed by atoms with Crippen LogP contribution < -0.4 is 15.2 Å². The molecule has 0 radical (unpaired) electrons. The average Bonchev–Trinajstić information content (AvgIpc) is 2.94. The number of anilines is 1. The minimum Gasteiger partial charge on any atom is -0.545 e. The second-order valence-corrected chi connectivity index (χ2v) is 17.1. The number of benzene rings is 2. The van der Waals surface area contributed by atoms with Gasteiger partial charge in [-0.3, -0.25) is 0 Å². The Balaban J connectivity index is 1.53. The molecule has 7 heteroatoms. The summed E-state index contributed by atoms with van der Waals surface area (Å²) in [6, 6.07) is 13.4. The number of carbonyl (C=O) groups is 2. The van der Waals surface area contributed by atoms with Crippen molar-refractivity contribution in [2.24, 2.45) is 11.8 Å². The van der Waals surface area contributed by atoms with Gasteiger partial charge in [0.15, 0.2) is 18.8 Å². The van der Waals surface area contributed by atoms with Gasteiger partial charge in [0.1, 0.15) is 8.07 Å². The van der Waals surface area contributed by atoms with E-state index in [0.717, 1.165) is 42.9 Å². The molecule has 4 aliphatic heterocycles. The van der Waals surface area contributed by atoms with Crippen LogP contribution in [-0.2, 0) is 0 Å². The van der Waals surface area contributed by atoms with Crippen molar-refractivity contribution in [1.29, 1.82) is 0 Å². The molecule has 5 aliphatic rings. The molecule has 0 atom stereocenters.